The molecule has 0 fully saturated rings. The van der Waals surface area contributed by atoms with Crippen LogP contribution in [0.1, 0.15) is 10.4 Å². The predicted molar refractivity (Wildman–Crippen MR) is 86.6 cm³/mol. The Kier molecular flexibility index (Phi) is 4.36. The summed E-state index contributed by atoms with van der Waals surface area (Å²) in [5.74, 6) is -1.81. The Bertz CT molecular complexity index is 993. The number of sulfonamides is 1. The summed E-state index contributed by atoms with van der Waals surface area (Å²) >= 11 is 5.58. The van der Waals surface area contributed by atoms with E-state index in [0.717, 1.165) is 18.2 Å². The van der Waals surface area contributed by atoms with E-state index in [4.69, 9.17) is 16.3 Å². The molecular formula is C15H10ClFN2O5S. The zero-order chi connectivity index (χ0) is 18.2. The summed E-state index contributed by atoms with van der Waals surface area (Å²) in [6, 6.07) is 6.83. The Hall–Kier alpha value is -2.65. The van der Waals surface area contributed by atoms with E-state index in [2.05, 4.69) is 5.32 Å². The number of halogens is 2. The first-order valence-corrected chi connectivity index (χ1v) is 8.71. The highest BCUT2D eigenvalue weighted by molar-refractivity contribution is 7.90. The molecule has 0 saturated carbocycles. The largest absolute Gasteiger partial charge is 0.482 e. The molecule has 0 atom stereocenters. The monoisotopic (exact) mass is 384 g/mol. The maximum absolute atomic E-state index is 13.1. The summed E-state index contributed by atoms with van der Waals surface area (Å²) < 4.78 is 44.8. The minimum atomic E-state index is -4.22. The van der Waals surface area contributed by atoms with E-state index in [1.54, 1.807) is 0 Å². The molecule has 2 aromatic carbocycles. The first-order chi connectivity index (χ1) is 11.8. The molecule has 2 aromatic rings. The lowest BCUT2D eigenvalue weighted by atomic mass is 10.2. The third-order valence-corrected chi connectivity index (χ3v) is 4.92. The van der Waals surface area contributed by atoms with Crippen LogP contribution in [0.25, 0.3) is 0 Å². The summed E-state index contributed by atoms with van der Waals surface area (Å²) in [5, 5.41) is 2.16. The number of ether oxygens (including phenoxy) is 1. The van der Waals surface area contributed by atoms with Gasteiger partial charge >= 0.3 is 0 Å². The number of hydrogen-bond donors (Lipinski definition) is 2. The third kappa shape index (κ3) is 3.57. The Morgan fingerprint density at radius 1 is 1.24 bits per heavy atom. The number of nitrogens with one attached hydrogen (secondary N) is 2. The maximum atomic E-state index is 13.1. The molecule has 10 heteroatoms. The third-order valence-electron chi connectivity index (χ3n) is 3.30. The highest BCUT2D eigenvalue weighted by Crippen LogP contribution is 2.30. The van der Waals surface area contributed by atoms with Gasteiger partial charge in [0.2, 0.25) is 0 Å². The SMILES string of the molecule is O=C1COc2ccc(S(=O)(=O)NC(=O)c3ccc(F)c(Cl)c3)cc2N1. The Morgan fingerprint density at radius 2 is 2.00 bits per heavy atom. The van der Waals surface area contributed by atoms with E-state index >= 15 is 0 Å². The Morgan fingerprint density at radius 3 is 2.72 bits per heavy atom. The molecule has 0 spiro atoms. The summed E-state index contributed by atoms with van der Waals surface area (Å²) in [6.45, 7) is -0.166. The number of fused-ring (bicyclic) bond motifs is 1. The summed E-state index contributed by atoms with van der Waals surface area (Å²) in [6.07, 6.45) is 0. The molecular weight excluding hydrogens is 375 g/mol. The van der Waals surface area contributed by atoms with Crippen molar-refractivity contribution in [2.24, 2.45) is 0 Å². The van der Waals surface area contributed by atoms with Gasteiger partial charge in [0.15, 0.2) is 6.61 Å². The summed E-state index contributed by atoms with van der Waals surface area (Å²) in [4.78, 5) is 23.1. The molecule has 0 aromatic heterocycles. The fourth-order valence-corrected chi connectivity index (χ4v) is 3.29. The van der Waals surface area contributed by atoms with Crippen LogP contribution in [-0.4, -0.2) is 26.8 Å². The Labute approximate surface area is 146 Å². The van der Waals surface area contributed by atoms with E-state index in [1.165, 1.54) is 18.2 Å². The van der Waals surface area contributed by atoms with Gasteiger partial charge in [0.1, 0.15) is 11.6 Å². The van der Waals surface area contributed by atoms with Crippen LogP contribution in [0, 0.1) is 5.82 Å². The van der Waals surface area contributed by atoms with Crippen molar-refractivity contribution in [2.75, 3.05) is 11.9 Å². The fraction of sp³-hybridized carbons (Fsp3) is 0.0667. The van der Waals surface area contributed by atoms with Crippen LogP contribution < -0.4 is 14.8 Å². The van der Waals surface area contributed by atoms with Gasteiger partial charge in [-0.2, -0.15) is 0 Å². The lowest BCUT2D eigenvalue weighted by Crippen LogP contribution is -2.31. The summed E-state index contributed by atoms with van der Waals surface area (Å²) in [7, 11) is -4.22. The lowest BCUT2D eigenvalue weighted by molar-refractivity contribution is -0.118. The zero-order valence-corrected chi connectivity index (χ0v) is 13.9. The minimum absolute atomic E-state index is 0.121. The number of benzene rings is 2. The van der Waals surface area contributed by atoms with E-state index < -0.39 is 27.7 Å². The normalized spacial score (nSPS) is 13.4. The van der Waals surface area contributed by atoms with Gasteiger partial charge < -0.3 is 10.1 Å². The summed E-state index contributed by atoms with van der Waals surface area (Å²) in [5.41, 5.74) is 0.0565. The topological polar surface area (TPSA) is 102 Å². The second kappa shape index (κ2) is 6.34. The van der Waals surface area contributed by atoms with Gasteiger partial charge in [0, 0.05) is 5.56 Å². The van der Waals surface area contributed by atoms with Crippen molar-refractivity contribution in [2.45, 2.75) is 4.90 Å². The van der Waals surface area contributed by atoms with Gasteiger partial charge in [-0.3, -0.25) is 9.59 Å². The van der Waals surface area contributed by atoms with E-state index in [0.29, 0.717) is 5.75 Å². The van der Waals surface area contributed by atoms with Crippen molar-refractivity contribution in [3.8, 4) is 5.75 Å². The van der Waals surface area contributed by atoms with Crippen LogP contribution in [-0.2, 0) is 14.8 Å². The van der Waals surface area contributed by atoms with Crippen LogP contribution in [0.3, 0.4) is 0 Å². The van der Waals surface area contributed by atoms with Crippen LogP contribution in [0.4, 0.5) is 10.1 Å². The molecule has 0 radical (unpaired) electrons. The molecule has 2 N–H and O–H groups in total. The maximum Gasteiger partial charge on any atom is 0.265 e. The van der Waals surface area contributed by atoms with Crippen molar-refractivity contribution < 1.29 is 27.1 Å². The van der Waals surface area contributed by atoms with Gasteiger partial charge in [-0.05, 0) is 36.4 Å². The van der Waals surface area contributed by atoms with Crippen molar-refractivity contribution in [1.29, 1.82) is 0 Å². The molecule has 3 rings (SSSR count). The number of amides is 2. The number of anilines is 1. The molecule has 1 aliphatic heterocycles. The predicted octanol–water partition coefficient (Wildman–Crippen LogP) is 1.93. The quantitative estimate of drug-likeness (QED) is 0.842. The van der Waals surface area contributed by atoms with Crippen molar-refractivity contribution >= 4 is 39.1 Å². The first-order valence-electron chi connectivity index (χ1n) is 6.85. The van der Waals surface area contributed by atoms with Crippen molar-refractivity contribution in [3.63, 3.8) is 0 Å². The Balaban J connectivity index is 1.86. The van der Waals surface area contributed by atoms with Crippen LogP contribution in [0.2, 0.25) is 5.02 Å². The minimum Gasteiger partial charge on any atom is -0.482 e. The van der Waals surface area contributed by atoms with Crippen LogP contribution in [0.15, 0.2) is 41.3 Å². The molecule has 1 aliphatic rings. The highest BCUT2D eigenvalue weighted by Gasteiger charge is 2.23. The molecule has 2 amide bonds. The van der Waals surface area contributed by atoms with Crippen molar-refractivity contribution in [1.82, 2.24) is 4.72 Å². The van der Waals surface area contributed by atoms with Gasteiger partial charge in [-0.15, -0.1) is 0 Å². The molecule has 130 valence electrons. The second-order valence-electron chi connectivity index (χ2n) is 5.06. The second-order valence-corrected chi connectivity index (χ2v) is 7.15. The molecule has 0 aliphatic carbocycles. The van der Waals surface area contributed by atoms with E-state index in [9.17, 15) is 22.4 Å². The zero-order valence-electron chi connectivity index (χ0n) is 12.4. The molecule has 25 heavy (non-hydrogen) atoms. The fourth-order valence-electron chi connectivity index (χ4n) is 2.11. The van der Waals surface area contributed by atoms with Crippen LogP contribution in [0.5, 0.6) is 5.75 Å². The first kappa shape index (κ1) is 17.2. The molecule has 0 saturated heterocycles. The number of rotatable bonds is 3. The molecule has 7 nitrogen and oxygen atoms in total. The lowest BCUT2D eigenvalue weighted by Gasteiger charge is -2.18. The van der Waals surface area contributed by atoms with Gasteiger partial charge in [0.05, 0.1) is 15.6 Å². The smallest absolute Gasteiger partial charge is 0.265 e. The number of hydrogen-bond acceptors (Lipinski definition) is 5. The average molecular weight is 385 g/mol. The van der Waals surface area contributed by atoms with Crippen LogP contribution >= 0.6 is 11.6 Å². The number of carbonyl (C=O) groups excluding carboxylic acids is 2. The average Bonchev–Trinajstić information content (AvgIpc) is 2.56. The van der Waals surface area contributed by atoms with Gasteiger partial charge in [-0.25, -0.2) is 17.5 Å². The van der Waals surface area contributed by atoms with Crippen molar-refractivity contribution in [3.05, 3.63) is 52.8 Å². The van der Waals surface area contributed by atoms with Gasteiger partial charge in [0.25, 0.3) is 21.8 Å². The van der Waals surface area contributed by atoms with E-state index in [1.807, 2.05) is 4.72 Å². The molecule has 0 unspecified atom stereocenters. The molecule has 0 bridgehead atoms. The highest BCUT2D eigenvalue weighted by atomic mass is 35.5. The number of carbonyl (C=O) groups is 2. The van der Waals surface area contributed by atoms with E-state index in [-0.39, 0.29) is 27.8 Å². The standard InChI is InChI=1S/C15H10ClFN2O5S/c16-10-5-8(1-3-11(10)17)15(21)19-25(22,23)9-2-4-13-12(6-9)18-14(20)7-24-13/h1-6H,7H2,(H,18,20)(H,19,21). The van der Waals surface area contributed by atoms with Gasteiger partial charge in [-0.1, -0.05) is 11.6 Å². The molecule has 1 heterocycles.